The van der Waals surface area contributed by atoms with Gasteiger partial charge in [0.25, 0.3) is 0 Å². The Bertz CT molecular complexity index is 411. The molecule has 0 radical (unpaired) electrons. The molecule has 0 saturated heterocycles. The van der Waals surface area contributed by atoms with Crippen LogP contribution in [0.1, 0.15) is 26.2 Å². The fourth-order valence-corrected chi connectivity index (χ4v) is 3.81. The predicted molar refractivity (Wildman–Crippen MR) is 74.3 cm³/mol. The highest BCUT2D eigenvalue weighted by molar-refractivity contribution is 8.14. The van der Waals surface area contributed by atoms with E-state index < -0.39 is 0 Å². The third-order valence-corrected chi connectivity index (χ3v) is 4.67. The van der Waals surface area contributed by atoms with Gasteiger partial charge in [0.05, 0.1) is 11.3 Å². The van der Waals surface area contributed by atoms with Gasteiger partial charge in [-0.3, -0.25) is 4.99 Å². The van der Waals surface area contributed by atoms with E-state index in [1.165, 1.54) is 24.0 Å². The summed E-state index contributed by atoms with van der Waals surface area (Å²) in [6, 6.07) is 0.932. The number of rotatable bonds is 3. The Labute approximate surface area is 107 Å². The van der Waals surface area contributed by atoms with Crippen molar-refractivity contribution in [1.82, 2.24) is 5.32 Å². The smallest absolute Gasteiger partial charge is 0.155 e. The van der Waals surface area contributed by atoms with Crippen molar-refractivity contribution in [3.05, 3.63) is 23.3 Å². The van der Waals surface area contributed by atoms with Crippen LogP contribution in [0.5, 0.6) is 0 Å². The van der Waals surface area contributed by atoms with Crippen LogP contribution in [-0.4, -0.2) is 29.0 Å². The Kier molecular flexibility index (Phi) is 3.01. The molecule has 2 aliphatic carbocycles. The number of nitrogens with zero attached hydrogens (tertiary/aromatic N) is 1. The molecule has 1 saturated carbocycles. The molecular formula is C13H19N3S. The maximum Gasteiger partial charge on any atom is 0.155 e. The number of fused-ring (bicyclic) bond motifs is 2. The number of hydrogen-bond donors (Lipinski definition) is 2. The molecule has 1 heterocycles. The summed E-state index contributed by atoms with van der Waals surface area (Å²) >= 11 is 1.70. The van der Waals surface area contributed by atoms with Gasteiger partial charge in [-0.05, 0) is 37.0 Å². The third-order valence-electron chi connectivity index (χ3n) is 3.64. The number of aliphatic imine (C=N–C) groups is 1. The second kappa shape index (κ2) is 4.50. The first-order valence-corrected chi connectivity index (χ1v) is 7.29. The van der Waals surface area contributed by atoms with E-state index in [0.29, 0.717) is 17.3 Å². The van der Waals surface area contributed by atoms with Gasteiger partial charge in [-0.2, -0.15) is 0 Å². The summed E-state index contributed by atoms with van der Waals surface area (Å²) in [5, 5.41) is 4.81. The fourth-order valence-electron chi connectivity index (χ4n) is 2.84. The maximum atomic E-state index is 5.78. The molecule has 3 aliphatic rings. The molecule has 4 heteroatoms. The zero-order valence-corrected chi connectivity index (χ0v) is 11.0. The van der Waals surface area contributed by atoms with Gasteiger partial charge in [0, 0.05) is 6.04 Å². The number of nitrogens with two attached hydrogens (primary N) is 1. The van der Waals surface area contributed by atoms with E-state index in [0.717, 1.165) is 18.1 Å². The van der Waals surface area contributed by atoms with Crippen molar-refractivity contribution in [1.29, 1.82) is 0 Å². The van der Waals surface area contributed by atoms with Crippen molar-refractivity contribution >= 4 is 16.9 Å². The summed E-state index contributed by atoms with van der Waals surface area (Å²) in [4.78, 5) is 4.47. The van der Waals surface area contributed by atoms with E-state index in [2.05, 4.69) is 29.4 Å². The standard InChI is InChI=1S/C13H19N3S/c1-2-3-15-10-4-8-6-11-12(7-9(8)5-10)17-13(14)16-11/h6-7,10-12,15H,2-5H2,1H3,(H2,14,16)/t10-,11?,12?/m1/s1. The van der Waals surface area contributed by atoms with Crippen molar-refractivity contribution in [3.8, 4) is 0 Å². The summed E-state index contributed by atoms with van der Waals surface area (Å²) in [7, 11) is 0. The Morgan fingerprint density at radius 2 is 2.18 bits per heavy atom. The third kappa shape index (κ3) is 2.16. The number of thioether (sulfide) groups is 1. The van der Waals surface area contributed by atoms with E-state index in [-0.39, 0.29) is 0 Å². The summed E-state index contributed by atoms with van der Waals surface area (Å²) in [5.41, 5.74) is 8.80. The summed E-state index contributed by atoms with van der Waals surface area (Å²) in [5.74, 6) is 0. The van der Waals surface area contributed by atoms with Crippen molar-refractivity contribution < 1.29 is 0 Å². The Hall–Kier alpha value is -0.740. The average molecular weight is 249 g/mol. The van der Waals surface area contributed by atoms with E-state index in [1.807, 2.05) is 0 Å². The van der Waals surface area contributed by atoms with Crippen molar-refractivity contribution in [2.45, 2.75) is 43.5 Å². The van der Waals surface area contributed by atoms with E-state index in [9.17, 15) is 0 Å². The molecule has 3 atom stereocenters. The van der Waals surface area contributed by atoms with Gasteiger partial charge in [-0.1, -0.05) is 30.8 Å². The van der Waals surface area contributed by atoms with Crippen LogP contribution in [0.15, 0.2) is 28.3 Å². The largest absolute Gasteiger partial charge is 0.379 e. The van der Waals surface area contributed by atoms with Crippen LogP contribution in [0.3, 0.4) is 0 Å². The minimum absolute atomic E-state index is 0.295. The first kappa shape index (κ1) is 11.4. The van der Waals surface area contributed by atoms with Gasteiger partial charge in [-0.25, -0.2) is 0 Å². The molecule has 0 aromatic heterocycles. The van der Waals surface area contributed by atoms with Crippen LogP contribution in [0, 0.1) is 0 Å². The Morgan fingerprint density at radius 1 is 1.41 bits per heavy atom. The lowest BCUT2D eigenvalue weighted by Crippen LogP contribution is -2.26. The van der Waals surface area contributed by atoms with E-state index >= 15 is 0 Å². The highest BCUT2D eigenvalue weighted by atomic mass is 32.2. The minimum Gasteiger partial charge on any atom is -0.379 e. The van der Waals surface area contributed by atoms with Gasteiger partial charge in [0.2, 0.25) is 0 Å². The lowest BCUT2D eigenvalue weighted by Gasteiger charge is -2.17. The molecule has 3 nitrogen and oxygen atoms in total. The molecular weight excluding hydrogens is 230 g/mol. The van der Waals surface area contributed by atoms with E-state index in [4.69, 9.17) is 5.73 Å². The molecule has 0 aromatic rings. The van der Waals surface area contributed by atoms with Crippen LogP contribution in [0.2, 0.25) is 0 Å². The number of nitrogens with one attached hydrogen (secondary N) is 1. The summed E-state index contributed by atoms with van der Waals surface area (Å²) in [6.45, 7) is 3.34. The maximum absolute atomic E-state index is 5.78. The molecule has 92 valence electrons. The molecule has 17 heavy (non-hydrogen) atoms. The van der Waals surface area contributed by atoms with Crippen LogP contribution in [-0.2, 0) is 0 Å². The second-order valence-electron chi connectivity index (χ2n) is 4.98. The van der Waals surface area contributed by atoms with Gasteiger partial charge < -0.3 is 11.1 Å². The molecule has 1 fully saturated rings. The highest BCUT2D eigenvalue weighted by Gasteiger charge is 2.34. The monoisotopic (exact) mass is 249 g/mol. The number of amidine groups is 1. The zero-order valence-electron chi connectivity index (χ0n) is 10.1. The number of hydrogen-bond acceptors (Lipinski definition) is 4. The first-order chi connectivity index (χ1) is 8.26. The fraction of sp³-hybridized carbons (Fsp3) is 0.615. The van der Waals surface area contributed by atoms with Crippen molar-refractivity contribution in [2.24, 2.45) is 10.7 Å². The molecule has 0 amide bonds. The SMILES string of the molecule is CCCN[C@@H]1CC2=CC3N=C(N)SC3C=C2C1. The summed E-state index contributed by atoms with van der Waals surface area (Å²) < 4.78 is 0. The first-order valence-electron chi connectivity index (χ1n) is 6.41. The van der Waals surface area contributed by atoms with Gasteiger partial charge in [0.15, 0.2) is 5.17 Å². The highest BCUT2D eigenvalue weighted by Crippen LogP contribution is 2.40. The summed E-state index contributed by atoms with van der Waals surface area (Å²) in [6.07, 6.45) is 8.27. The van der Waals surface area contributed by atoms with Crippen molar-refractivity contribution in [3.63, 3.8) is 0 Å². The van der Waals surface area contributed by atoms with Crippen LogP contribution in [0.4, 0.5) is 0 Å². The lowest BCUT2D eigenvalue weighted by molar-refractivity contribution is 0.538. The van der Waals surface area contributed by atoms with Crippen LogP contribution < -0.4 is 11.1 Å². The van der Waals surface area contributed by atoms with Crippen LogP contribution in [0.25, 0.3) is 0 Å². The van der Waals surface area contributed by atoms with E-state index in [1.54, 1.807) is 11.8 Å². The lowest BCUT2D eigenvalue weighted by atomic mass is 9.97. The normalized spacial score (nSPS) is 34.9. The van der Waals surface area contributed by atoms with Gasteiger partial charge >= 0.3 is 0 Å². The van der Waals surface area contributed by atoms with Crippen molar-refractivity contribution in [2.75, 3.05) is 6.54 Å². The predicted octanol–water partition coefficient (Wildman–Crippen LogP) is 1.81. The molecule has 0 bridgehead atoms. The molecule has 0 spiro atoms. The Balaban J connectivity index is 1.72. The molecule has 1 aliphatic heterocycles. The Morgan fingerprint density at radius 3 is 2.94 bits per heavy atom. The van der Waals surface area contributed by atoms with Crippen LogP contribution >= 0.6 is 11.8 Å². The second-order valence-corrected chi connectivity index (χ2v) is 6.18. The van der Waals surface area contributed by atoms with Gasteiger partial charge in [0.1, 0.15) is 0 Å². The average Bonchev–Trinajstić information content (AvgIpc) is 2.83. The quantitative estimate of drug-likeness (QED) is 0.802. The topological polar surface area (TPSA) is 50.4 Å². The molecule has 2 unspecified atom stereocenters. The molecule has 0 aromatic carbocycles. The van der Waals surface area contributed by atoms with Gasteiger partial charge in [-0.15, -0.1) is 0 Å². The molecule has 3 N–H and O–H groups in total. The zero-order chi connectivity index (χ0) is 11.8. The minimum atomic E-state index is 0.295. The molecule has 3 rings (SSSR count).